The summed E-state index contributed by atoms with van der Waals surface area (Å²) < 4.78 is 5.22. The predicted molar refractivity (Wildman–Crippen MR) is 121 cm³/mol. The summed E-state index contributed by atoms with van der Waals surface area (Å²) in [5.41, 5.74) is 3.31. The van der Waals surface area contributed by atoms with Gasteiger partial charge in [-0.3, -0.25) is 14.6 Å². The number of benzene rings is 1. The first-order chi connectivity index (χ1) is 14.9. The number of fused-ring (bicyclic) bond motifs is 1. The molecule has 2 aromatic heterocycles. The molecule has 2 fully saturated rings. The van der Waals surface area contributed by atoms with E-state index in [2.05, 4.69) is 18.8 Å². The van der Waals surface area contributed by atoms with Crippen LogP contribution in [0.25, 0.3) is 11.0 Å². The van der Waals surface area contributed by atoms with Crippen molar-refractivity contribution in [3.63, 3.8) is 0 Å². The summed E-state index contributed by atoms with van der Waals surface area (Å²) in [5, 5.41) is 0.912. The van der Waals surface area contributed by atoms with Gasteiger partial charge >= 0.3 is 0 Å². The number of likely N-dealkylation sites (tertiary alicyclic amines) is 1. The lowest BCUT2D eigenvalue weighted by molar-refractivity contribution is 0.0668. The quantitative estimate of drug-likeness (QED) is 0.514. The lowest BCUT2D eigenvalue weighted by Crippen LogP contribution is -2.39. The average molecular weight is 419 g/mol. The van der Waals surface area contributed by atoms with Gasteiger partial charge < -0.3 is 9.32 Å². The largest absolute Gasteiger partial charge is 0.451 e. The molecule has 5 nitrogen and oxygen atoms in total. The maximum Gasteiger partial charge on any atom is 0.253 e. The van der Waals surface area contributed by atoms with E-state index < -0.39 is 0 Å². The summed E-state index contributed by atoms with van der Waals surface area (Å²) in [5.74, 6) is 1.47. The second kappa shape index (κ2) is 8.66. The molecule has 1 aliphatic heterocycles. The molecule has 5 heteroatoms. The summed E-state index contributed by atoms with van der Waals surface area (Å²) in [6.07, 6.45) is 8.40. The molecule has 31 heavy (non-hydrogen) atoms. The molecule has 3 aromatic rings. The Morgan fingerprint density at radius 3 is 2.45 bits per heavy atom. The van der Waals surface area contributed by atoms with E-state index >= 15 is 0 Å². The number of amides is 1. The van der Waals surface area contributed by atoms with Crippen LogP contribution in [0.3, 0.4) is 0 Å². The number of rotatable bonds is 3. The fourth-order valence-electron chi connectivity index (χ4n) is 4.71. The highest BCUT2D eigenvalue weighted by molar-refractivity contribution is 5.95. The third-order valence-corrected chi connectivity index (χ3v) is 6.87. The lowest BCUT2D eigenvalue weighted by Gasteiger charge is -2.33. The highest BCUT2D eigenvalue weighted by Gasteiger charge is 2.53. The van der Waals surface area contributed by atoms with Crippen LogP contribution in [-0.2, 0) is 0 Å². The van der Waals surface area contributed by atoms with Crippen molar-refractivity contribution in [1.29, 1.82) is 0 Å². The molecule has 1 atom stereocenters. The van der Waals surface area contributed by atoms with Gasteiger partial charge in [0.2, 0.25) is 0 Å². The molecule has 1 aliphatic carbocycles. The standard InChI is InChI=1S/C17H23NO.C9H7NO2/c1-3-15-12-17(15)8-10-18(11-9-17)16(19)14-6-4-13(2)5-7-14;1-6(11)8-4-7-2-3-10-5-9(7)12-8/h4-7,15H,3,8-12H2,1-2H3;2-5H,1H3. The summed E-state index contributed by atoms with van der Waals surface area (Å²) in [6, 6.07) is 11.5. The molecule has 1 amide bonds. The molecule has 1 spiro atoms. The van der Waals surface area contributed by atoms with Crippen LogP contribution in [0, 0.1) is 18.3 Å². The topological polar surface area (TPSA) is 63.4 Å². The van der Waals surface area contributed by atoms with Crippen molar-refractivity contribution in [3.8, 4) is 0 Å². The Morgan fingerprint density at radius 1 is 1.16 bits per heavy atom. The van der Waals surface area contributed by atoms with Crippen molar-refractivity contribution in [1.82, 2.24) is 9.88 Å². The molecule has 0 radical (unpaired) electrons. The minimum Gasteiger partial charge on any atom is -0.451 e. The Hall–Kier alpha value is -2.95. The summed E-state index contributed by atoms with van der Waals surface area (Å²) in [7, 11) is 0. The van der Waals surface area contributed by atoms with E-state index in [1.807, 2.05) is 35.2 Å². The van der Waals surface area contributed by atoms with Gasteiger partial charge in [0.1, 0.15) is 0 Å². The Labute approximate surface area is 183 Å². The molecule has 1 saturated carbocycles. The second-order valence-corrected chi connectivity index (χ2v) is 8.91. The molecule has 5 rings (SSSR count). The van der Waals surface area contributed by atoms with Crippen LogP contribution in [0.1, 0.15) is 66.0 Å². The fourth-order valence-corrected chi connectivity index (χ4v) is 4.71. The fraction of sp³-hybridized carbons (Fsp3) is 0.423. The number of carbonyl (C=O) groups is 2. The predicted octanol–water partition coefficient (Wildman–Crippen LogP) is 5.68. The maximum absolute atomic E-state index is 12.4. The SMILES string of the molecule is CC(=O)c1cc2ccncc2o1.CCC1CC12CCN(C(=O)c1ccc(C)cc1)CC2. The van der Waals surface area contributed by atoms with Gasteiger partial charge in [0.25, 0.3) is 5.91 Å². The van der Waals surface area contributed by atoms with Crippen LogP contribution in [0.15, 0.2) is 53.2 Å². The van der Waals surface area contributed by atoms with Gasteiger partial charge in [-0.25, -0.2) is 0 Å². The van der Waals surface area contributed by atoms with Crippen molar-refractivity contribution >= 4 is 22.7 Å². The van der Waals surface area contributed by atoms with E-state index in [0.29, 0.717) is 16.8 Å². The smallest absolute Gasteiger partial charge is 0.253 e. The van der Waals surface area contributed by atoms with Gasteiger partial charge in [-0.05, 0) is 61.8 Å². The molecule has 3 heterocycles. The van der Waals surface area contributed by atoms with Crippen molar-refractivity contribution < 1.29 is 14.0 Å². The molecular formula is C26H30N2O3. The first-order valence-electron chi connectivity index (χ1n) is 11.1. The number of piperidine rings is 1. The van der Waals surface area contributed by atoms with Gasteiger partial charge in [-0.1, -0.05) is 31.0 Å². The first kappa shape index (κ1) is 21.3. The number of Topliss-reactive ketones (excluding diaryl/α,β-unsaturated/α-hetero) is 1. The van der Waals surface area contributed by atoms with Gasteiger partial charge in [-0.15, -0.1) is 0 Å². The van der Waals surface area contributed by atoms with E-state index in [9.17, 15) is 9.59 Å². The number of carbonyl (C=O) groups excluding carboxylic acids is 2. The van der Waals surface area contributed by atoms with Crippen LogP contribution >= 0.6 is 0 Å². The zero-order chi connectivity index (χ0) is 22.0. The normalized spacial score (nSPS) is 19.1. The molecule has 0 N–H and O–H groups in total. The van der Waals surface area contributed by atoms with Gasteiger partial charge in [0.05, 0.1) is 6.20 Å². The molecule has 1 unspecified atom stereocenters. The number of furan rings is 1. The molecule has 2 aliphatic rings. The molecule has 162 valence electrons. The highest BCUT2D eigenvalue weighted by atomic mass is 16.3. The monoisotopic (exact) mass is 418 g/mol. The van der Waals surface area contributed by atoms with Gasteiger partial charge in [-0.2, -0.15) is 0 Å². The van der Waals surface area contributed by atoms with Gasteiger partial charge in [0.15, 0.2) is 17.1 Å². The van der Waals surface area contributed by atoms with Crippen LogP contribution in [0.4, 0.5) is 0 Å². The van der Waals surface area contributed by atoms with Crippen LogP contribution < -0.4 is 0 Å². The third-order valence-electron chi connectivity index (χ3n) is 6.87. The first-order valence-corrected chi connectivity index (χ1v) is 11.1. The van der Waals surface area contributed by atoms with E-state index in [4.69, 9.17) is 4.42 Å². The van der Waals surface area contributed by atoms with Crippen molar-refractivity contribution in [3.05, 3.63) is 65.7 Å². The Kier molecular flexibility index (Phi) is 5.94. The number of hydrogen-bond acceptors (Lipinski definition) is 4. The van der Waals surface area contributed by atoms with Crippen LogP contribution in [0.5, 0.6) is 0 Å². The summed E-state index contributed by atoms with van der Waals surface area (Å²) in [6.45, 7) is 7.72. The van der Waals surface area contributed by atoms with Crippen LogP contribution in [-0.4, -0.2) is 34.7 Å². The number of aromatic nitrogens is 1. The molecule has 1 aromatic carbocycles. The maximum atomic E-state index is 12.4. The van der Waals surface area contributed by atoms with E-state index in [-0.39, 0.29) is 11.7 Å². The van der Waals surface area contributed by atoms with E-state index in [1.54, 1.807) is 18.5 Å². The number of nitrogens with zero attached hydrogens (tertiary/aromatic N) is 2. The number of pyridine rings is 1. The summed E-state index contributed by atoms with van der Waals surface area (Å²) >= 11 is 0. The number of aryl methyl sites for hydroxylation is 1. The van der Waals surface area contributed by atoms with Crippen molar-refractivity contribution in [2.75, 3.05) is 13.1 Å². The Morgan fingerprint density at radius 2 is 1.87 bits per heavy atom. The number of ketones is 1. The van der Waals surface area contributed by atoms with E-state index in [1.165, 1.54) is 38.2 Å². The van der Waals surface area contributed by atoms with Crippen LogP contribution in [0.2, 0.25) is 0 Å². The molecule has 1 saturated heterocycles. The number of hydrogen-bond donors (Lipinski definition) is 0. The molecule has 0 bridgehead atoms. The zero-order valence-electron chi connectivity index (χ0n) is 18.6. The lowest BCUT2D eigenvalue weighted by atomic mass is 9.90. The third kappa shape index (κ3) is 4.55. The highest BCUT2D eigenvalue weighted by Crippen LogP contribution is 2.60. The Balaban J connectivity index is 0.000000166. The average Bonchev–Trinajstić information content (AvgIpc) is 3.27. The van der Waals surface area contributed by atoms with Crippen molar-refractivity contribution in [2.24, 2.45) is 11.3 Å². The second-order valence-electron chi connectivity index (χ2n) is 8.91. The van der Waals surface area contributed by atoms with Gasteiger partial charge in [0, 0.05) is 37.2 Å². The zero-order valence-corrected chi connectivity index (χ0v) is 18.6. The molecular weight excluding hydrogens is 388 g/mol. The minimum atomic E-state index is -0.0637. The minimum absolute atomic E-state index is 0.0637. The summed E-state index contributed by atoms with van der Waals surface area (Å²) in [4.78, 5) is 29.2. The Bertz CT molecular complexity index is 1040. The van der Waals surface area contributed by atoms with E-state index in [0.717, 1.165) is 30.0 Å². The van der Waals surface area contributed by atoms with Crippen molar-refractivity contribution in [2.45, 2.75) is 46.5 Å².